The molecule has 1 aromatic carbocycles. The lowest BCUT2D eigenvalue weighted by Crippen LogP contribution is -2.34. The molecule has 0 atom stereocenters. The Bertz CT molecular complexity index is 957. The minimum atomic E-state index is -4.66. The molecule has 3 aromatic rings. The molecule has 0 radical (unpaired) electrons. The van der Waals surface area contributed by atoms with E-state index in [1.54, 1.807) is 56.0 Å². The Morgan fingerprint density at radius 1 is 1.03 bits per heavy atom. The van der Waals surface area contributed by atoms with Gasteiger partial charge in [-0.1, -0.05) is 6.07 Å². The molecule has 1 N–H and O–H groups in total. The molecule has 0 bridgehead atoms. The quantitative estimate of drug-likeness (QED) is 0.564. The minimum Gasteiger partial charge on any atom is -0.494 e. The van der Waals surface area contributed by atoms with Crippen molar-refractivity contribution in [3.8, 4) is 5.75 Å². The molecule has 2 heterocycles. The maximum atomic E-state index is 13.6. The van der Waals surface area contributed by atoms with E-state index in [0.717, 1.165) is 17.2 Å². The number of ether oxygens (including phenoxy) is 1. The predicted molar refractivity (Wildman–Crippen MR) is 109 cm³/mol. The van der Waals surface area contributed by atoms with Gasteiger partial charge in [-0.2, -0.15) is 13.2 Å². The number of amides is 2. The molecule has 2 aromatic heterocycles. The van der Waals surface area contributed by atoms with Crippen molar-refractivity contribution in [3.05, 3.63) is 83.9 Å². The highest BCUT2D eigenvalue weighted by atomic mass is 19.4. The van der Waals surface area contributed by atoms with E-state index in [2.05, 4.69) is 15.3 Å². The minimum absolute atomic E-state index is 0.0804. The van der Waals surface area contributed by atoms with E-state index in [1.165, 1.54) is 17.0 Å². The standard InChI is InChI=1S/C22H21F3N4O2/c1-2-31-18-5-6-20(19(12-18)22(23,24)25)28-21(30)29(14-16-7-10-26-11-8-16)15-17-4-3-9-27-13-17/h3-13H,2,14-15H2,1H3,(H,28,30). The number of hydrogen-bond acceptors (Lipinski definition) is 4. The Morgan fingerprint density at radius 2 is 1.77 bits per heavy atom. The van der Waals surface area contributed by atoms with Crippen LogP contribution in [0.4, 0.5) is 23.7 Å². The summed E-state index contributed by atoms with van der Waals surface area (Å²) in [6, 6.07) is 9.79. The highest BCUT2D eigenvalue weighted by molar-refractivity contribution is 5.90. The maximum absolute atomic E-state index is 13.6. The summed E-state index contributed by atoms with van der Waals surface area (Å²) in [6.45, 7) is 2.26. The molecule has 0 unspecified atom stereocenters. The maximum Gasteiger partial charge on any atom is 0.418 e. The number of carbonyl (C=O) groups is 1. The van der Waals surface area contributed by atoms with Crippen LogP contribution in [-0.2, 0) is 19.3 Å². The number of halogens is 3. The normalized spacial score (nSPS) is 11.1. The lowest BCUT2D eigenvalue weighted by atomic mass is 10.1. The number of anilines is 1. The first-order valence-electron chi connectivity index (χ1n) is 9.54. The Kier molecular flexibility index (Phi) is 7.07. The summed E-state index contributed by atoms with van der Waals surface area (Å²) >= 11 is 0. The predicted octanol–water partition coefficient (Wildman–Crippen LogP) is 5.13. The van der Waals surface area contributed by atoms with Gasteiger partial charge in [0, 0.05) is 37.9 Å². The van der Waals surface area contributed by atoms with Gasteiger partial charge in [0.05, 0.1) is 17.9 Å². The summed E-state index contributed by atoms with van der Waals surface area (Å²) in [7, 11) is 0. The van der Waals surface area contributed by atoms with Gasteiger partial charge in [-0.25, -0.2) is 4.79 Å². The molecule has 31 heavy (non-hydrogen) atoms. The number of pyridine rings is 2. The first-order chi connectivity index (χ1) is 14.9. The number of nitrogens with one attached hydrogen (secondary N) is 1. The molecular formula is C22H21F3N4O2. The number of hydrogen-bond donors (Lipinski definition) is 1. The fourth-order valence-corrected chi connectivity index (χ4v) is 2.94. The molecule has 2 amide bonds. The van der Waals surface area contributed by atoms with Crippen molar-refractivity contribution in [3.63, 3.8) is 0 Å². The summed E-state index contributed by atoms with van der Waals surface area (Å²) in [5.74, 6) is 0.0804. The van der Waals surface area contributed by atoms with Crippen molar-refractivity contribution in [2.75, 3.05) is 11.9 Å². The number of carbonyl (C=O) groups excluding carboxylic acids is 1. The second-order valence-electron chi connectivity index (χ2n) is 6.64. The average Bonchev–Trinajstić information content (AvgIpc) is 2.75. The molecule has 162 valence electrons. The van der Waals surface area contributed by atoms with Crippen LogP contribution < -0.4 is 10.1 Å². The van der Waals surface area contributed by atoms with Gasteiger partial charge in [0.1, 0.15) is 5.75 Å². The van der Waals surface area contributed by atoms with Crippen LogP contribution in [0.25, 0.3) is 0 Å². The summed E-state index contributed by atoms with van der Waals surface area (Å²) in [6.07, 6.45) is 1.72. The average molecular weight is 430 g/mol. The zero-order valence-electron chi connectivity index (χ0n) is 16.8. The molecule has 0 aliphatic rings. The van der Waals surface area contributed by atoms with E-state index < -0.39 is 17.8 Å². The lowest BCUT2D eigenvalue weighted by Gasteiger charge is -2.24. The molecule has 3 rings (SSSR count). The fourth-order valence-electron chi connectivity index (χ4n) is 2.94. The molecule has 6 nitrogen and oxygen atoms in total. The van der Waals surface area contributed by atoms with Gasteiger partial charge in [-0.15, -0.1) is 0 Å². The summed E-state index contributed by atoms with van der Waals surface area (Å²) in [5, 5.41) is 2.40. The Labute approximate surface area is 177 Å². The van der Waals surface area contributed by atoms with E-state index in [4.69, 9.17) is 4.74 Å². The van der Waals surface area contributed by atoms with Gasteiger partial charge in [0.2, 0.25) is 0 Å². The first kappa shape index (κ1) is 22.1. The number of urea groups is 1. The third kappa shape index (κ3) is 6.18. The van der Waals surface area contributed by atoms with E-state index in [1.807, 2.05) is 0 Å². The van der Waals surface area contributed by atoms with Gasteiger partial charge >= 0.3 is 12.2 Å². The molecule has 0 aliphatic heterocycles. The number of nitrogens with zero attached hydrogens (tertiary/aromatic N) is 3. The summed E-state index contributed by atoms with van der Waals surface area (Å²) in [5.41, 5.74) is 0.218. The van der Waals surface area contributed by atoms with Crippen molar-refractivity contribution >= 4 is 11.7 Å². The number of aromatic nitrogens is 2. The van der Waals surface area contributed by atoms with E-state index in [-0.39, 0.29) is 31.1 Å². The summed E-state index contributed by atoms with van der Waals surface area (Å²) < 4.78 is 45.9. The van der Waals surface area contributed by atoms with Crippen LogP contribution in [0, 0.1) is 0 Å². The Balaban J connectivity index is 1.87. The van der Waals surface area contributed by atoms with E-state index in [9.17, 15) is 18.0 Å². The third-order valence-corrected chi connectivity index (χ3v) is 4.36. The molecule has 0 aliphatic carbocycles. The zero-order valence-corrected chi connectivity index (χ0v) is 16.8. The van der Waals surface area contributed by atoms with Crippen LogP contribution in [0.3, 0.4) is 0 Å². The molecular weight excluding hydrogens is 409 g/mol. The monoisotopic (exact) mass is 430 g/mol. The van der Waals surface area contributed by atoms with E-state index >= 15 is 0 Å². The zero-order chi connectivity index (χ0) is 22.3. The van der Waals surface area contributed by atoms with E-state index in [0.29, 0.717) is 0 Å². The van der Waals surface area contributed by atoms with Crippen LogP contribution in [0.5, 0.6) is 5.75 Å². The second kappa shape index (κ2) is 9.92. The van der Waals surface area contributed by atoms with Crippen molar-refractivity contribution in [2.24, 2.45) is 0 Å². The largest absolute Gasteiger partial charge is 0.494 e. The van der Waals surface area contributed by atoms with Crippen molar-refractivity contribution < 1.29 is 22.7 Å². The van der Waals surface area contributed by atoms with Crippen molar-refractivity contribution in [2.45, 2.75) is 26.2 Å². The van der Waals surface area contributed by atoms with Gasteiger partial charge in [-0.3, -0.25) is 9.97 Å². The Morgan fingerprint density at radius 3 is 2.42 bits per heavy atom. The summed E-state index contributed by atoms with van der Waals surface area (Å²) in [4.78, 5) is 22.4. The highest BCUT2D eigenvalue weighted by Gasteiger charge is 2.35. The van der Waals surface area contributed by atoms with Gasteiger partial charge in [-0.05, 0) is 54.4 Å². The van der Waals surface area contributed by atoms with Crippen LogP contribution >= 0.6 is 0 Å². The van der Waals surface area contributed by atoms with Crippen LogP contribution in [-0.4, -0.2) is 27.5 Å². The smallest absolute Gasteiger partial charge is 0.418 e. The SMILES string of the molecule is CCOc1ccc(NC(=O)N(Cc2ccncc2)Cc2cccnc2)c(C(F)(F)F)c1. The lowest BCUT2D eigenvalue weighted by molar-refractivity contribution is -0.137. The number of benzene rings is 1. The van der Waals surface area contributed by atoms with Crippen LogP contribution in [0.15, 0.2) is 67.3 Å². The van der Waals surface area contributed by atoms with Gasteiger partial charge in [0.15, 0.2) is 0 Å². The van der Waals surface area contributed by atoms with Crippen molar-refractivity contribution in [1.29, 1.82) is 0 Å². The fraction of sp³-hybridized carbons (Fsp3) is 0.227. The van der Waals surface area contributed by atoms with Gasteiger partial charge in [0.25, 0.3) is 0 Å². The highest BCUT2D eigenvalue weighted by Crippen LogP contribution is 2.37. The second-order valence-corrected chi connectivity index (χ2v) is 6.64. The third-order valence-electron chi connectivity index (χ3n) is 4.36. The molecule has 0 fully saturated rings. The van der Waals surface area contributed by atoms with Crippen LogP contribution in [0.2, 0.25) is 0 Å². The van der Waals surface area contributed by atoms with Crippen LogP contribution in [0.1, 0.15) is 23.6 Å². The van der Waals surface area contributed by atoms with Crippen molar-refractivity contribution in [1.82, 2.24) is 14.9 Å². The number of alkyl halides is 3. The number of rotatable bonds is 7. The molecule has 0 saturated carbocycles. The molecule has 9 heteroatoms. The first-order valence-corrected chi connectivity index (χ1v) is 9.54. The molecule has 0 saturated heterocycles. The Hall–Kier alpha value is -3.62. The topological polar surface area (TPSA) is 67.3 Å². The molecule has 0 spiro atoms. The van der Waals surface area contributed by atoms with Gasteiger partial charge < -0.3 is 15.0 Å².